The molecule has 7 aromatic rings. The summed E-state index contributed by atoms with van der Waals surface area (Å²) in [5.74, 6) is 0.893. The Balaban J connectivity index is 1.35. The molecule has 0 amide bonds. The number of aromatic nitrogens is 2. The topological polar surface area (TPSA) is 19.1 Å². The fourth-order valence-corrected chi connectivity index (χ4v) is 5.74. The molecular formula is C33H26N2O. The number of benzene rings is 5. The lowest BCUT2D eigenvalue weighted by molar-refractivity contribution is 0.413. The van der Waals surface area contributed by atoms with E-state index in [1.165, 1.54) is 54.7 Å². The third-order valence-electron chi connectivity index (χ3n) is 7.30. The van der Waals surface area contributed by atoms with E-state index in [4.69, 9.17) is 4.74 Å². The summed E-state index contributed by atoms with van der Waals surface area (Å²) in [4.78, 5) is 0. The monoisotopic (exact) mass is 466 g/mol. The average molecular weight is 467 g/mol. The van der Waals surface area contributed by atoms with Crippen molar-refractivity contribution in [2.24, 2.45) is 0 Å². The second-order valence-corrected chi connectivity index (χ2v) is 9.43. The number of para-hydroxylation sites is 4. The third kappa shape index (κ3) is 3.28. The SMILES string of the molecule is COc1cc(Cn2c3ccccc3c3ccccc32)cc(Cn2c3ccccc3c3ccccc32)c1. The summed E-state index contributed by atoms with van der Waals surface area (Å²) in [5, 5.41) is 5.17. The van der Waals surface area contributed by atoms with Crippen molar-refractivity contribution in [3.8, 4) is 5.75 Å². The summed E-state index contributed by atoms with van der Waals surface area (Å²) in [6, 6.07) is 41.4. The molecule has 0 radical (unpaired) electrons. The lowest BCUT2D eigenvalue weighted by Crippen LogP contribution is -2.04. The minimum atomic E-state index is 0.783. The van der Waals surface area contributed by atoms with Crippen molar-refractivity contribution in [2.45, 2.75) is 13.1 Å². The highest BCUT2D eigenvalue weighted by atomic mass is 16.5. The van der Waals surface area contributed by atoms with Crippen molar-refractivity contribution in [2.75, 3.05) is 7.11 Å². The Morgan fingerprint density at radius 1 is 0.472 bits per heavy atom. The van der Waals surface area contributed by atoms with Crippen LogP contribution in [-0.4, -0.2) is 16.2 Å². The van der Waals surface area contributed by atoms with Crippen LogP contribution in [0, 0.1) is 0 Å². The molecule has 3 heteroatoms. The predicted octanol–water partition coefficient (Wildman–Crippen LogP) is 8.01. The van der Waals surface area contributed by atoms with Crippen LogP contribution >= 0.6 is 0 Å². The molecule has 36 heavy (non-hydrogen) atoms. The van der Waals surface area contributed by atoms with E-state index in [1.54, 1.807) is 7.11 Å². The highest BCUT2D eigenvalue weighted by Gasteiger charge is 2.13. The zero-order chi connectivity index (χ0) is 24.1. The van der Waals surface area contributed by atoms with E-state index >= 15 is 0 Å². The number of fused-ring (bicyclic) bond motifs is 6. The van der Waals surface area contributed by atoms with Crippen molar-refractivity contribution in [3.05, 3.63) is 126 Å². The second-order valence-electron chi connectivity index (χ2n) is 9.43. The van der Waals surface area contributed by atoms with Gasteiger partial charge in [0, 0.05) is 56.7 Å². The fourth-order valence-electron chi connectivity index (χ4n) is 5.74. The van der Waals surface area contributed by atoms with Gasteiger partial charge < -0.3 is 13.9 Å². The molecule has 5 aromatic carbocycles. The number of hydrogen-bond acceptors (Lipinski definition) is 1. The molecule has 0 aliphatic heterocycles. The molecule has 0 spiro atoms. The van der Waals surface area contributed by atoms with Crippen LogP contribution in [0.25, 0.3) is 43.6 Å². The molecule has 0 N–H and O–H groups in total. The maximum absolute atomic E-state index is 5.77. The summed E-state index contributed by atoms with van der Waals surface area (Å²) in [6.07, 6.45) is 0. The molecule has 0 unspecified atom stereocenters. The summed E-state index contributed by atoms with van der Waals surface area (Å²) in [5.41, 5.74) is 7.49. The molecule has 0 aliphatic carbocycles. The molecule has 0 aliphatic rings. The number of rotatable bonds is 5. The summed E-state index contributed by atoms with van der Waals surface area (Å²) < 4.78 is 10.6. The van der Waals surface area contributed by atoms with Gasteiger partial charge in [-0.25, -0.2) is 0 Å². The van der Waals surface area contributed by atoms with Crippen LogP contribution in [0.15, 0.2) is 115 Å². The minimum absolute atomic E-state index is 0.783. The molecular weight excluding hydrogens is 440 g/mol. The number of methoxy groups -OCH3 is 1. The van der Waals surface area contributed by atoms with Gasteiger partial charge in [0.2, 0.25) is 0 Å². The Hall–Kier alpha value is -4.50. The molecule has 0 bridgehead atoms. The highest BCUT2D eigenvalue weighted by Crippen LogP contribution is 2.32. The zero-order valence-electron chi connectivity index (χ0n) is 20.2. The van der Waals surface area contributed by atoms with E-state index in [0.29, 0.717) is 0 Å². The van der Waals surface area contributed by atoms with Crippen LogP contribution < -0.4 is 4.74 Å². The summed E-state index contributed by atoms with van der Waals surface area (Å²) >= 11 is 0. The van der Waals surface area contributed by atoms with Crippen molar-refractivity contribution >= 4 is 43.6 Å². The van der Waals surface area contributed by atoms with E-state index in [9.17, 15) is 0 Å². The Morgan fingerprint density at radius 2 is 0.806 bits per heavy atom. The van der Waals surface area contributed by atoms with Crippen molar-refractivity contribution in [3.63, 3.8) is 0 Å². The summed E-state index contributed by atoms with van der Waals surface area (Å²) in [6.45, 7) is 1.57. The Morgan fingerprint density at radius 3 is 1.14 bits per heavy atom. The number of nitrogens with zero attached hydrogens (tertiary/aromatic N) is 2. The molecule has 0 atom stereocenters. The lowest BCUT2D eigenvalue weighted by Gasteiger charge is -2.14. The van der Waals surface area contributed by atoms with Crippen LogP contribution in [0.1, 0.15) is 11.1 Å². The first kappa shape index (κ1) is 20.8. The van der Waals surface area contributed by atoms with Gasteiger partial charge in [0.25, 0.3) is 0 Å². The van der Waals surface area contributed by atoms with Crippen LogP contribution in [0.4, 0.5) is 0 Å². The average Bonchev–Trinajstić information content (AvgIpc) is 3.42. The van der Waals surface area contributed by atoms with E-state index in [-0.39, 0.29) is 0 Å². The number of ether oxygens (including phenoxy) is 1. The first-order valence-electron chi connectivity index (χ1n) is 12.4. The molecule has 0 fully saturated rings. The van der Waals surface area contributed by atoms with Gasteiger partial charge in [0.1, 0.15) is 5.75 Å². The van der Waals surface area contributed by atoms with Gasteiger partial charge in [0.15, 0.2) is 0 Å². The molecule has 2 heterocycles. The molecule has 3 nitrogen and oxygen atoms in total. The normalized spacial score (nSPS) is 11.7. The molecule has 2 aromatic heterocycles. The first-order chi connectivity index (χ1) is 17.8. The highest BCUT2D eigenvalue weighted by molar-refractivity contribution is 6.08. The van der Waals surface area contributed by atoms with Crippen molar-refractivity contribution < 1.29 is 4.74 Å². The van der Waals surface area contributed by atoms with Crippen LogP contribution in [0.2, 0.25) is 0 Å². The van der Waals surface area contributed by atoms with Crippen LogP contribution in [0.5, 0.6) is 5.75 Å². The van der Waals surface area contributed by atoms with Crippen molar-refractivity contribution in [1.29, 1.82) is 0 Å². The fraction of sp³-hybridized carbons (Fsp3) is 0.0909. The van der Waals surface area contributed by atoms with Gasteiger partial charge in [-0.1, -0.05) is 78.9 Å². The lowest BCUT2D eigenvalue weighted by atomic mass is 10.1. The van der Waals surface area contributed by atoms with Gasteiger partial charge in [-0.15, -0.1) is 0 Å². The van der Waals surface area contributed by atoms with E-state index in [1.807, 2.05) is 0 Å². The maximum Gasteiger partial charge on any atom is 0.119 e. The summed E-state index contributed by atoms with van der Waals surface area (Å²) in [7, 11) is 1.75. The molecule has 7 rings (SSSR count). The van der Waals surface area contributed by atoms with Crippen LogP contribution in [0.3, 0.4) is 0 Å². The maximum atomic E-state index is 5.77. The van der Waals surface area contributed by atoms with E-state index in [2.05, 4.69) is 124 Å². The predicted molar refractivity (Wildman–Crippen MR) is 150 cm³/mol. The largest absolute Gasteiger partial charge is 0.497 e. The Labute approximate surface area is 209 Å². The first-order valence-corrected chi connectivity index (χ1v) is 12.4. The van der Waals surface area contributed by atoms with Gasteiger partial charge in [-0.3, -0.25) is 0 Å². The minimum Gasteiger partial charge on any atom is -0.497 e. The van der Waals surface area contributed by atoms with Crippen molar-refractivity contribution in [1.82, 2.24) is 9.13 Å². The van der Waals surface area contributed by atoms with E-state index < -0.39 is 0 Å². The Kier molecular flexibility index (Phi) is 4.81. The quantitative estimate of drug-likeness (QED) is 0.251. The van der Waals surface area contributed by atoms with E-state index in [0.717, 1.165) is 18.8 Å². The molecule has 0 saturated carbocycles. The number of hydrogen-bond donors (Lipinski definition) is 0. The van der Waals surface area contributed by atoms with Gasteiger partial charge in [-0.2, -0.15) is 0 Å². The zero-order valence-corrected chi connectivity index (χ0v) is 20.2. The standard InChI is InChI=1S/C33H26N2O/c1-36-25-19-23(21-34-30-14-6-2-10-26(30)27-11-3-7-15-31(27)34)18-24(20-25)22-35-32-16-8-4-12-28(32)29-13-5-9-17-33(29)35/h2-20H,21-22H2,1H3. The molecule has 174 valence electrons. The smallest absolute Gasteiger partial charge is 0.119 e. The van der Waals surface area contributed by atoms with Gasteiger partial charge >= 0.3 is 0 Å². The van der Waals surface area contributed by atoms with Gasteiger partial charge in [0.05, 0.1) is 7.11 Å². The third-order valence-corrected chi connectivity index (χ3v) is 7.30. The van der Waals surface area contributed by atoms with Gasteiger partial charge in [-0.05, 0) is 47.5 Å². The van der Waals surface area contributed by atoms with Crippen LogP contribution in [-0.2, 0) is 13.1 Å². The molecule has 0 saturated heterocycles. The second kappa shape index (κ2) is 8.31. The Bertz CT molecular complexity index is 1650.